The Kier molecular flexibility index (Phi) is 8.63. The molecule has 166 valence electrons. The molecule has 3 aromatic rings. The van der Waals surface area contributed by atoms with Crippen LogP contribution in [0.4, 0.5) is 5.69 Å². The van der Waals surface area contributed by atoms with E-state index in [1.165, 1.54) is 5.56 Å². The molecule has 0 aliphatic rings. The monoisotopic (exact) mass is 448 g/mol. The number of nitrogens with one attached hydrogen (secondary N) is 2. The zero-order valence-electron chi connectivity index (χ0n) is 18.3. The quantitative estimate of drug-likeness (QED) is 0.417. The zero-order chi connectivity index (χ0) is 22.8. The Bertz CT molecular complexity index is 1040. The van der Waals surface area contributed by atoms with Crippen molar-refractivity contribution in [2.75, 3.05) is 11.9 Å². The van der Waals surface area contributed by atoms with E-state index in [9.17, 15) is 4.79 Å². The summed E-state index contributed by atoms with van der Waals surface area (Å²) in [4.78, 5) is 12.8. The molecule has 1 unspecified atom stereocenters. The maximum absolute atomic E-state index is 12.8. The van der Waals surface area contributed by atoms with Gasteiger partial charge in [0, 0.05) is 18.2 Å². The van der Waals surface area contributed by atoms with E-state index >= 15 is 0 Å². The number of rotatable bonds is 9. The normalized spacial score (nSPS) is 11.3. The molecule has 0 saturated heterocycles. The van der Waals surface area contributed by atoms with Crippen molar-refractivity contribution in [1.82, 2.24) is 5.32 Å². The molecule has 5 nitrogen and oxygen atoms in total. The summed E-state index contributed by atoms with van der Waals surface area (Å²) < 4.78 is 11.7. The molecule has 0 spiro atoms. The maximum Gasteiger partial charge on any atom is 0.261 e. The molecular formula is C26H28N2O3S. The molecule has 3 aromatic carbocycles. The highest BCUT2D eigenvalue weighted by molar-refractivity contribution is 7.80. The first kappa shape index (κ1) is 23.3. The average Bonchev–Trinajstić information content (AvgIpc) is 2.80. The maximum atomic E-state index is 12.8. The molecule has 6 heteroatoms. The summed E-state index contributed by atoms with van der Waals surface area (Å²) in [6.45, 7) is 4.56. The number of carbonyl (C=O) groups is 1. The lowest BCUT2D eigenvalue weighted by Crippen LogP contribution is -2.34. The number of benzene rings is 3. The van der Waals surface area contributed by atoms with E-state index in [4.69, 9.17) is 21.7 Å². The summed E-state index contributed by atoms with van der Waals surface area (Å²) >= 11 is 5.34. The molecule has 0 heterocycles. The highest BCUT2D eigenvalue weighted by atomic mass is 32.1. The molecule has 0 bridgehead atoms. The van der Waals surface area contributed by atoms with Crippen molar-refractivity contribution in [1.29, 1.82) is 0 Å². The fourth-order valence-electron chi connectivity index (χ4n) is 3.00. The van der Waals surface area contributed by atoms with Gasteiger partial charge in [-0.3, -0.25) is 10.1 Å². The molecule has 1 atom stereocenters. The summed E-state index contributed by atoms with van der Waals surface area (Å²) in [7, 11) is 0. The summed E-state index contributed by atoms with van der Waals surface area (Å²) in [5, 5.41) is 5.97. The van der Waals surface area contributed by atoms with E-state index in [1.807, 2.05) is 55.5 Å². The van der Waals surface area contributed by atoms with Crippen LogP contribution < -0.4 is 20.1 Å². The van der Waals surface area contributed by atoms with Crippen molar-refractivity contribution in [3.8, 4) is 11.5 Å². The fourth-order valence-corrected chi connectivity index (χ4v) is 3.21. The van der Waals surface area contributed by atoms with Gasteiger partial charge in [0.05, 0.1) is 18.3 Å². The summed E-state index contributed by atoms with van der Waals surface area (Å²) in [6.07, 6.45) is 1.79. The Labute approximate surface area is 194 Å². The summed E-state index contributed by atoms with van der Waals surface area (Å²) in [6, 6.07) is 24.7. The van der Waals surface area contributed by atoms with Crippen LogP contribution in [0.25, 0.3) is 0 Å². The first-order valence-corrected chi connectivity index (χ1v) is 11.1. The van der Waals surface area contributed by atoms with Crippen molar-refractivity contribution in [2.45, 2.75) is 32.8 Å². The third kappa shape index (κ3) is 7.10. The van der Waals surface area contributed by atoms with Gasteiger partial charge in [0.2, 0.25) is 0 Å². The highest BCUT2D eigenvalue weighted by Gasteiger charge is 2.14. The molecule has 0 fully saturated rings. The van der Waals surface area contributed by atoms with Gasteiger partial charge >= 0.3 is 0 Å². The topological polar surface area (TPSA) is 59.6 Å². The summed E-state index contributed by atoms with van der Waals surface area (Å²) in [5.74, 6) is 0.938. The first-order valence-electron chi connectivity index (χ1n) is 10.7. The Balaban J connectivity index is 1.57. The van der Waals surface area contributed by atoms with Crippen molar-refractivity contribution < 1.29 is 14.3 Å². The number of hydrogen-bond donors (Lipinski definition) is 2. The fraction of sp³-hybridized carbons (Fsp3) is 0.231. The van der Waals surface area contributed by atoms with Gasteiger partial charge < -0.3 is 14.8 Å². The van der Waals surface area contributed by atoms with Crippen LogP contribution in [0.5, 0.6) is 11.5 Å². The van der Waals surface area contributed by atoms with E-state index < -0.39 is 0 Å². The third-order valence-electron chi connectivity index (χ3n) is 4.85. The van der Waals surface area contributed by atoms with Crippen LogP contribution in [0.1, 0.15) is 36.2 Å². The molecule has 0 aliphatic heterocycles. The van der Waals surface area contributed by atoms with Crippen LogP contribution in [-0.4, -0.2) is 23.7 Å². The summed E-state index contributed by atoms with van der Waals surface area (Å²) in [5.41, 5.74) is 2.35. The Morgan fingerprint density at radius 3 is 2.53 bits per heavy atom. The van der Waals surface area contributed by atoms with E-state index in [0.29, 0.717) is 17.9 Å². The lowest BCUT2D eigenvalue weighted by atomic mass is 10.1. The number of para-hydroxylation sites is 1. The second-order valence-corrected chi connectivity index (χ2v) is 7.76. The molecular weight excluding hydrogens is 420 g/mol. The molecule has 32 heavy (non-hydrogen) atoms. The highest BCUT2D eigenvalue weighted by Crippen LogP contribution is 2.20. The van der Waals surface area contributed by atoms with Crippen molar-refractivity contribution in [3.05, 3.63) is 90.0 Å². The van der Waals surface area contributed by atoms with Crippen molar-refractivity contribution in [2.24, 2.45) is 0 Å². The van der Waals surface area contributed by atoms with Gasteiger partial charge in [0.1, 0.15) is 11.5 Å². The number of carbonyl (C=O) groups excluding carboxylic acids is 1. The molecule has 1 amide bonds. The second-order valence-electron chi connectivity index (χ2n) is 7.35. The van der Waals surface area contributed by atoms with E-state index in [2.05, 4.69) is 29.7 Å². The van der Waals surface area contributed by atoms with Gasteiger partial charge in [-0.15, -0.1) is 0 Å². The SMILES string of the molecule is CCC(C)Oc1cccc(NC(=S)NC(=O)c2ccccc2OCCc2ccccc2)c1. The molecule has 0 aliphatic carbocycles. The van der Waals surface area contributed by atoms with Gasteiger partial charge in [-0.2, -0.15) is 0 Å². The Morgan fingerprint density at radius 1 is 1.00 bits per heavy atom. The molecule has 0 aromatic heterocycles. The van der Waals surface area contributed by atoms with Crippen LogP contribution in [0.2, 0.25) is 0 Å². The standard InChI is InChI=1S/C26H28N2O3S/c1-3-19(2)31-22-13-9-12-21(18-22)27-26(32)28-25(29)23-14-7-8-15-24(23)30-17-16-20-10-5-4-6-11-20/h4-15,18-19H,3,16-17H2,1-2H3,(H2,27,28,29,32). The minimum atomic E-state index is -0.329. The number of anilines is 1. The van der Waals surface area contributed by atoms with Gasteiger partial charge in [-0.1, -0.05) is 55.5 Å². The van der Waals surface area contributed by atoms with Crippen LogP contribution in [0, 0.1) is 0 Å². The second kappa shape index (κ2) is 11.9. The van der Waals surface area contributed by atoms with Gasteiger partial charge in [0.25, 0.3) is 5.91 Å². The smallest absolute Gasteiger partial charge is 0.261 e. The van der Waals surface area contributed by atoms with Crippen molar-refractivity contribution in [3.63, 3.8) is 0 Å². The number of ether oxygens (including phenoxy) is 2. The lowest BCUT2D eigenvalue weighted by molar-refractivity contribution is 0.0974. The van der Waals surface area contributed by atoms with Crippen LogP contribution in [-0.2, 0) is 6.42 Å². The predicted octanol–water partition coefficient (Wildman–Crippen LogP) is 5.61. The zero-order valence-corrected chi connectivity index (χ0v) is 19.2. The minimum Gasteiger partial charge on any atom is -0.492 e. The van der Waals surface area contributed by atoms with Crippen LogP contribution >= 0.6 is 12.2 Å². The number of hydrogen-bond acceptors (Lipinski definition) is 4. The number of amides is 1. The van der Waals surface area contributed by atoms with E-state index in [1.54, 1.807) is 18.2 Å². The Hall–Kier alpha value is -3.38. The molecule has 3 rings (SSSR count). The van der Waals surface area contributed by atoms with E-state index in [0.717, 1.165) is 24.3 Å². The van der Waals surface area contributed by atoms with Gasteiger partial charge in [-0.05, 0) is 55.4 Å². The first-order chi connectivity index (χ1) is 15.5. The molecule has 0 radical (unpaired) electrons. The van der Waals surface area contributed by atoms with Crippen molar-refractivity contribution >= 4 is 28.9 Å². The Morgan fingerprint density at radius 2 is 1.75 bits per heavy atom. The average molecular weight is 449 g/mol. The van der Waals surface area contributed by atoms with Gasteiger partial charge in [0.15, 0.2) is 5.11 Å². The number of thiocarbonyl (C=S) groups is 1. The third-order valence-corrected chi connectivity index (χ3v) is 5.06. The predicted molar refractivity (Wildman–Crippen MR) is 133 cm³/mol. The van der Waals surface area contributed by atoms with Crippen LogP contribution in [0.3, 0.4) is 0 Å². The minimum absolute atomic E-state index is 0.121. The van der Waals surface area contributed by atoms with Gasteiger partial charge in [-0.25, -0.2) is 0 Å². The molecule has 0 saturated carbocycles. The lowest BCUT2D eigenvalue weighted by Gasteiger charge is -2.15. The van der Waals surface area contributed by atoms with Crippen LogP contribution in [0.15, 0.2) is 78.9 Å². The largest absolute Gasteiger partial charge is 0.492 e. The molecule has 2 N–H and O–H groups in total. The van der Waals surface area contributed by atoms with E-state index in [-0.39, 0.29) is 17.1 Å².